The van der Waals surface area contributed by atoms with Crippen molar-refractivity contribution >= 4 is 39.2 Å². The van der Waals surface area contributed by atoms with Crippen molar-refractivity contribution < 1.29 is 27.5 Å². The Hall–Kier alpha value is -3.22. The van der Waals surface area contributed by atoms with Gasteiger partial charge in [-0.05, 0) is 62.1 Å². The fraction of sp³-hybridized carbons (Fsp3) is 0.552. The number of anilines is 3. The number of amides is 3. The largest absolute Gasteiger partial charge is 0.384 e. The second-order valence-corrected chi connectivity index (χ2v) is 14.1. The monoisotopic (exact) mass is 585 g/mol. The van der Waals surface area contributed by atoms with E-state index in [0.717, 1.165) is 34.7 Å². The average molecular weight is 586 g/mol. The number of fused-ring (bicyclic) bond motifs is 1. The molecule has 222 valence electrons. The lowest BCUT2D eigenvalue weighted by Gasteiger charge is -2.28. The summed E-state index contributed by atoms with van der Waals surface area (Å²) in [6.07, 6.45) is 3.50. The Kier molecular flexibility index (Phi) is 7.77. The molecule has 0 spiro atoms. The van der Waals surface area contributed by atoms with Gasteiger partial charge in [-0.15, -0.1) is 0 Å². The minimum atomic E-state index is -3.67. The highest BCUT2D eigenvalue weighted by Gasteiger charge is 2.52. The van der Waals surface area contributed by atoms with Crippen LogP contribution in [0.3, 0.4) is 0 Å². The van der Waals surface area contributed by atoms with Crippen LogP contribution in [0.4, 0.5) is 22.0 Å². The second-order valence-electron chi connectivity index (χ2n) is 12.0. The first-order valence-corrected chi connectivity index (χ1v) is 15.6. The average Bonchev–Trinajstić information content (AvgIpc) is 3.30. The van der Waals surface area contributed by atoms with Crippen molar-refractivity contribution in [3.05, 3.63) is 47.7 Å². The van der Waals surface area contributed by atoms with Gasteiger partial charge in [0.2, 0.25) is 10.0 Å². The molecule has 0 saturated carbocycles. The van der Waals surface area contributed by atoms with Crippen LogP contribution in [0, 0.1) is 0 Å². The van der Waals surface area contributed by atoms with E-state index in [9.17, 15) is 18.0 Å². The molecule has 12 heteroatoms. The molecule has 0 unspecified atom stereocenters. The van der Waals surface area contributed by atoms with Gasteiger partial charge in [0, 0.05) is 51.1 Å². The predicted molar refractivity (Wildman–Crippen MR) is 157 cm³/mol. The third kappa shape index (κ3) is 5.52. The zero-order chi connectivity index (χ0) is 29.6. The van der Waals surface area contributed by atoms with Crippen molar-refractivity contribution in [1.82, 2.24) is 9.88 Å². The normalized spacial score (nSPS) is 20.6. The fourth-order valence-electron chi connectivity index (χ4n) is 5.73. The molecular formula is C29H39N5O6S. The molecule has 1 aromatic carbocycles. The van der Waals surface area contributed by atoms with Gasteiger partial charge in [0.05, 0.1) is 23.7 Å². The van der Waals surface area contributed by atoms with Crippen molar-refractivity contribution in [2.75, 3.05) is 53.7 Å². The summed E-state index contributed by atoms with van der Waals surface area (Å²) in [7, 11) is -2.21. The Morgan fingerprint density at radius 1 is 1.10 bits per heavy atom. The summed E-state index contributed by atoms with van der Waals surface area (Å²) in [5, 5.41) is 3.45. The van der Waals surface area contributed by atoms with Crippen molar-refractivity contribution in [2.24, 2.45) is 0 Å². The summed E-state index contributed by atoms with van der Waals surface area (Å²) in [5.41, 5.74) is 0.970. The Labute approximate surface area is 241 Å². The van der Waals surface area contributed by atoms with Gasteiger partial charge in [-0.25, -0.2) is 23.1 Å². The summed E-state index contributed by atoms with van der Waals surface area (Å²) in [6.45, 7) is 9.40. The Morgan fingerprint density at radius 3 is 2.54 bits per heavy atom. The topological polar surface area (TPSA) is 121 Å². The summed E-state index contributed by atoms with van der Waals surface area (Å²) < 4.78 is 38.2. The van der Waals surface area contributed by atoms with Gasteiger partial charge in [0.25, 0.3) is 5.91 Å². The van der Waals surface area contributed by atoms with Crippen molar-refractivity contribution in [3.63, 3.8) is 0 Å². The van der Waals surface area contributed by atoms with Crippen LogP contribution >= 0.6 is 0 Å². The molecule has 3 aliphatic heterocycles. The lowest BCUT2D eigenvalue weighted by atomic mass is 9.87. The van der Waals surface area contributed by atoms with E-state index >= 15 is 0 Å². The number of nitrogens with zero attached hydrogens (tertiary/aromatic N) is 4. The number of imide groups is 1. The number of sulfonamides is 1. The van der Waals surface area contributed by atoms with E-state index in [1.54, 1.807) is 37.1 Å². The van der Waals surface area contributed by atoms with Crippen molar-refractivity contribution in [1.29, 1.82) is 0 Å². The van der Waals surface area contributed by atoms with Crippen LogP contribution < -0.4 is 14.5 Å². The molecule has 0 bridgehead atoms. The Bertz CT molecular complexity index is 1440. The number of benzene rings is 1. The number of urea groups is 1. The van der Waals surface area contributed by atoms with Gasteiger partial charge in [-0.2, -0.15) is 0 Å². The molecule has 4 heterocycles. The number of hydrogen-bond donors (Lipinski definition) is 1. The molecular weight excluding hydrogens is 546 g/mol. The van der Waals surface area contributed by atoms with E-state index < -0.39 is 27.0 Å². The first kappa shape index (κ1) is 29.3. The quantitative estimate of drug-likeness (QED) is 0.444. The molecule has 2 aromatic rings. The molecule has 2 saturated heterocycles. The number of ether oxygens (including phenoxy) is 2. The molecule has 5 rings (SSSR count). The van der Waals surface area contributed by atoms with Crippen molar-refractivity contribution in [2.45, 2.75) is 64.1 Å². The maximum atomic E-state index is 13.8. The summed E-state index contributed by atoms with van der Waals surface area (Å²) >= 11 is 0. The summed E-state index contributed by atoms with van der Waals surface area (Å²) in [5.74, 6) is 0.185. The highest BCUT2D eigenvalue weighted by atomic mass is 32.2. The molecule has 3 aliphatic rings. The Balaban J connectivity index is 1.41. The maximum Gasteiger partial charge on any atom is 0.332 e. The number of carbonyl (C=O) groups is 2. The van der Waals surface area contributed by atoms with E-state index in [4.69, 9.17) is 9.47 Å². The van der Waals surface area contributed by atoms with Gasteiger partial charge in [0.15, 0.2) is 0 Å². The molecule has 0 atom stereocenters. The van der Waals surface area contributed by atoms with Crippen molar-refractivity contribution in [3.8, 4) is 0 Å². The maximum absolute atomic E-state index is 13.8. The first-order valence-electron chi connectivity index (χ1n) is 13.9. The van der Waals surface area contributed by atoms with E-state index in [2.05, 4.69) is 10.3 Å². The summed E-state index contributed by atoms with van der Waals surface area (Å²) in [6, 6.07) is 8.76. The van der Waals surface area contributed by atoms with Crippen LogP contribution in [0.25, 0.3) is 0 Å². The number of rotatable bonds is 9. The number of pyridine rings is 1. The van der Waals surface area contributed by atoms with Gasteiger partial charge in [-0.1, -0.05) is 19.9 Å². The number of aromatic nitrogens is 1. The van der Waals surface area contributed by atoms with E-state index in [-0.39, 0.29) is 37.4 Å². The Morgan fingerprint density at radius 2 is 1.83 bits per heavy atom. The lowest BCUT2D eigenvalue weighted by molar-refractivity contribution is -0.123. The lowest BCUT2D eigenvalue weighted by Crippen LogP contribution is -2.43. The fourth-order valence-corrected chi connectivity index (χ4v) is 7.30. The third-order valence-electron chi connectivity index (χ3n) is 8.22. The zero-order valence-electron chi connectivity index (χ0n) is 24.3. The van der Waals surface area contributed by atoms with Crippen LogP contribution in [0.5, 0.6) is 0 Å². The van der Waals surface area contributed by atoms with Crippen LogP contribution in [-0.4, -0.2) is 81.0 Å². The van der Waals surface area contributed by atoms with Crippen LogP contribution in [0.1, 0.15) is 51.7 Å². The van der Waals surface area contributed by atoms with Crippen LogP contribution in [0.15, 0.2) is 36.5 Å². The van der Waals surface area contributed by atoms with E-state index in [1.807, 2.05) is 32.0 Å². The molecule has 11 nitrogen and oxygen atoms in total. The molecule has 2 fully saturated rings. The van der Waals surface area contributed by atoms with Gasteiger partial charge in [-0.3, -0.25) is 9.10 Å². The highest BCUT2D eigenvalue weighted by molar-refractivity contribution is 7.92. The number of nitrogens with one attached hydrogen (secondary N) is 1. The number of hydrogen-bond acceptors (Lipinski definition) is 8. The van der Waals surface area contributed by atoms with Crippen LogP contribution in [0.2, 0.25) is 0 Å². The van der Waals surface area contributed by atoms with E-state index in [1.165, 1.54) is 11.4 Å². The predicted octanol–water partition coefficient (Wildman–Crippen LogP) is 3.49. The van der Waals surface area contributed by atoms with Gasteiger partial charge < -0.3 is 19.7 Å². The SMILES string of the molecule is COCCS(=O)(=O)N1CC(C)(C)c2ccc(N3C(=O)N(Cc4ccnc(NC5CCOCC5)c4)C(C)(C)C3=O)cc21. The van der Waals surface area contributed by atoms with E-state index in [0.29, 0.717) is 24.6 Å². The smallest absolute Gasteiger partial charge is 0.332 e. The minimum Gasteiger partial charge on any atom is -0.384 e. The molecule has 0 aliphatic carbocycles. The second kappa shape index (κ2) is 10.9. The minimum absolute atomic E-state index is 0.0713. The standard InChI is InChI=1S/C29H39N5O6S/c1-28(2)19-33(41(37,38)15-14-39-5)24-17-22(6-7-23(24)28)34-26(35)29(3,4)32(27(34)36)18-20-8-11-30-25(16-20)31-21-9-12-40-13-10-21/h6-8,11,16-17,21H,9-10,12-15,18-19H2,1-5H3,(H,30,31). The number of carbonyl (C=O) groups excluding carboxylic acids is 2. The zero-order valence-corrected chi connectivity index (χ0v) is 25.2. The van der Waals surface area contributed by atoms with Crippen LogP contribution in [-0.2, 0) is 36.3 Å². The third-order valence-corrected chi connectivity index (χ3v) is 9.90. The first-order chi connectivity index (χ1) is 19.3. The molecule has 0 radical (unpaired) electrons. The molecule has 41 heavy (non-hydrogen) atoms. The molecule has 1 aromatic heterocycles. The van der Waals surface area contributed by atoms with Gasteiger partial charge in [0.1, 0.15) is 11.4 Å². The molecule has 1 N–H and O–H groups in total. The van der Waals surface area contributed by atoms with Gasteiger partial charge >= 0.3 is 6.03 Å². The number of methoxy groups -OCH3 is 1. The summed E-state index contributed by atoms with van der Waals surface area (Å²) in [4.78, 5) is 34.7. The highest BCUT2D eigenvalue weighted by Crippen LogP contribution is 2.45. The molecule has 3 amide bonds.